The molecule has 2 aliphatic carbocycles. The van der Waals surface area contributed by atoms with Gasteiger partial charge in [-0.05, 0) is 65.2 Å². The Labute approximate surface area is 233 Å². The van der Waals surface area contributed by atoms with Gasteiger partial charge in [0.05, 0.1) is 27.9 Å². The maximum atomic E-state index is 3.85. The largest absolute Gasteiger partial charge is 0.312 e. The Morgan fingerprint density at radius 3 is 2.58 bits per heavy atom. The van der Waals surface area contributed by atoms with Gasteiger partial charge >= 0.3 is 0 Å². The number of allylic oxidation sites excluding steroid dienone is 2. The van der Waals surface area contributed by atoms with Gasteiger partial charge in [-0.2, -0.15) is 0 Å². The van der Waals surface area contributed by atoms with E-state index < -0.39 is 0 Å². The van der Waals surface area contributed by atoms with Crippen LogP contribution in [0, 0.1) is 11.8 Å². The van der Waals surface area contributed by atoms with Crippen molar-refractivity contribution in [1.29, 1.82) is 0 Å². The number of rotatable bonds is 2. The SMILES string of the molecule is Brc1ccccc1-n1c2c(c3cc4c5ccccc5n(-c5csc6c5CC#CCC=C6)c4cc31)C=CCC2. The molecule has 0 unspecified atom stereocenters. The maximum Gasteiger partial charge on any atom is 0.0617 e. The third-order valence-electron chi connectivity index (χ3n) is 7.85. The number of thiophene rings is 1. The minimum absolute atomic E-state index is 0.779. The molecule has 0 saturated heterocycles. The normalized spacial score (nSPS) is 14.3. The van der Waals surface area contributed by atoms with Gasteiger partial charge in [-0.1, -0.05) is 60.4 Å². The van der Waals surface area contributed by atoms with Gasteiger partial charge in [-0.3, -0.25) is 0 Å². The van der Waals surface area contributed by atoms with E-state index in [9.17, 15) is 0 Å². The third-order valence-corrected chi connectivity index (χ3v) is 9.50. The fourth-order valence-electron chi connectivity index (χ4n) is 6.19. The molecule has 0 radical (unpaired) electrons. The Bertz CT molecular complexity index is 2050. The number of para-hydroxylation sites is 2. The summed E-state index contributed by atoms with van der Waals surface area (Å²) in [5.74, 6) is 6.69. The van der Waals surface area contributed by atoms with Gasteiger partial charge in [0.15, 0.2) is 0 Å². The molecule has 3 aromatic carbocycles. The van der Waals surface area contributed by atoms with Crippen molar-refractivity contribution in [2.45, 2.75) is 25.7 Å². The van der Waals surface area contributed by atoms with Gasteiger partial charge in [0.25, 0.3) is 0 Å². The van der Waals surface area contributed by atoms with Crippen molar-refractivity contribution in [2.24, 2.45) is 0 Å². The summed E-state index contributed by atoms with van der Waals surface area (Å²) in [5.41, 5.74) is 10.2. The van der Waals surface area contributed by atoms with Crippen LogP contribution in [0.4, 0.5) is 0 Å². The van der Waals surface area contributed by atoms with Crippen LogP contribution in [0.15, 0.2) is 82.7 Å². The molecule has 3 aromatic heterocycles. The number of hydrogen-bond acceptors (Lipinski definition) is 1. The Hall–Kier alpha value is -3.78. The molecule has 2 nitrogen and oxygen atoms in total. The molecule has 0 amide bonds. The Balaban J connectivity index is 1.52. The Kier molecular flexibility index (Phi) is 5.05. The lowest BCUT2D eigenvalue weighted by Crippen LogP contribution is -2.03. The van der Waals surface area contributed by atoms with Crippen LogP contribution in [0.1, 0.15) is 34.5 Å². The molecule has 0 N–H and O–H groups in total. The molecule has 182 valence electrons. The summed E-state index contributed by atoms with van der Waals surface area (Å²) >= 11 is 5.67. The minimum Gasteiger partial charge on any atom is -0.312 e. The lowest BCUT2D eigenvalue weighted by Gasteiger charge is -2.15. The highest BCUT2D eigenvalue weighted by molar-refractivity contribution is 9.10. The van der Waals surface area contributed by atoms with E-state index in [1.807, 2.05) is 11.3 Å². The summed E-state index contributed by atoms with van der Waals surface area (Å²) in [4.78, 5) is 1.32. The summed E-state index contributed by atoms with van der Waals surface area (Å²) in [7, 11) is 0. The first kappa shape index (κ1) is 22.2. The number of nitrogens with zero attached hydrogens (tertiary/aromatic N) is 2. The van der Waals surface area contributed by atoms with E-state index in [4.69, 9.17) is 0 Å². The first-order chi connectivity index (χ1) is 18.8. The van der Waals surface area contributed by atoms with Crippen molar-refractivity contribution in [2.75, 3.05) is 0 Å². The van der Waals surface area contributed by atoms with Crippen molar-refractivity contribution < 1.29 is 0 Å². The van der Waals surface area contributed by atoms with Gasteiger partial charge in [0, 0.05) is 60.6 Å². The molecule has 38 heavy (non-hydrogen) atoms. The molecule has 2 aliphatic rings. The van der Waals surface area contributed by atoms with E-state index >= 15 is 0 Å². The van der Waals surface area contributed by atoms with Crippen LogP contribution in [0.5, 0.6) is 0 Å². The summed E-state index contributed by atoms with van der Waals surface area (Å²) < 4.78 is 6.06. The topological polar surface area (TPSA) is 9.86 Å². The van der Waals surface area contributed by atoms with E-state index in [0.717, 1.165) is 30.2 Å². The Morgan fingerprint density at radius 2 is 1.63 bits per heavy atom. The van der Waals surface area contributed by atoms with Crippen LogP contribution in [0.3, 0.4) is 0 Å². The smallest absolute Gasteiger partial charge is 0.0617 e. The molecule has 3 heterocycles. The second kappa shape index (κ2) is 8.63. The number of benzene rings is 3. The quantitative estimate of drug-likeness (QED) is 0.183. The highest BCUT2D eigenvalue weighted by Gasteiger charge is 2.23. The standard InChI is InChI=1S/C34H23BrN2S/c35-27-14-7-10-17-30(27)36-28-15-8-5-11-22(28)25-19-26-23-12-6-9-16-29(23)37(32(26)20-31(25)36)33-21-38-34-18-4-2-1-3-13-24(33)34/h4-7,9-12,14,16-21H,2,8,13,15H2. The zero-order valence-corrected chi connectivity index (χ0v) is 23.1. The van der Waals surface area contributed by atoms with Crippen molar-refractivity contribution in [3.8, 4) is 23.2 Å². The van der Waals surface area contributed by atoms with Crippen LogP contribution in [-0.2, 0) is 12.8 Å². The monoisotopic (exact) mass is 570 g/mol. The van der Waals surface area contributed by atoms with Crippen LogP contribution in [0.2, 0.25) is 0 Å². The summed E-state index contributed by atoms with van der Waals surface area (Å²) in [6, 6.07) is 22.3. The van der Waals surface area contributed by atoms with Gasteiger partial charge in [-0.25, -0.2) is 0 Å². The predicted octanol–water partition coefficient (Wildman–Crippen LogP) is 9.47. The molecule has 0 atom stereocenters. The Morgan fingerprint density at radius 1 is 0.763 bits per heavy atom. The minimum atomic E-state index is 0.779. The van der Waals surface area contributed by atoms with Gasteiger partial charge in [0.2, 0.25) is 0 Å². The molecule has 0 saturated carbocycles. The highest BCUT2D eigenvalue weighted by atomic mass is 79.9. The van der Waals surface area contributed by atoms with Crippen molar-refractivity contribution in [3.63, 3.8) is 0 Å². The maximum absolute atomic E-state index is 3.85. The van der Waals surface area contributed by atoms with Crippen molar-refractivity contribution in [3.05, 3.63) is 104 Å². The van der Waals surface area contributed by atoms with Gasteiger partial charge in [-0.15, -0.1) is 11.3 Å². The molecular weight excluding hydrogens is 548 g/mol. The summed E-state index contributed by atoms with van der Waals surface area (Å²) in [5, 5.41) is 6.22. The molecule has 8 rings (SSSR count). The fourth-order valence-corrected chi connectivity index (χ4v) is 7.63. The molecule has 4 heteroatoms. The van der Waals surface area contributed by atoms with Crippen LogP contribution in [0.25, 0.3) is 56.2 Å². The van der Waals surface area contributed by atoms with E-state index in [0.29, 0.717) is 0 Å². The highest BCUT2D eigenvalue weighted by Crippen LogP contribution is 2.42. The first-order valence-corrected chi connectivity index (χ1v) is 14.7. The van der Waals surface area contributed by atoms with Gasteiger partial charge < -0.3 is 9.13 Å². The number of fused-ring (bicyclic) bond motifs is 7. The second-order valence-corrected chi connectivity index (χ2v) is 11.7. The van der Waals surface area contributed by atoms with Crippen LogP contribution >= 0.6 is 27.3 Å². The lowest BCUT2D eigenvalue weighted by molar-refractivity contribution is 0.886. The molecular formula is C34H23BrN2S. The predicted molar refractivity (Wildman–Crippen MR) is 166 cm³/mol. The number of hydrogen-bond donors (Lipinski definition) is 0. The van der Waals surface area contributed by atoms with E-state index in [1.165, 1.54) is 65.8 Å². The van der Waals surface area contributed by atoms with E-state index in [2.05, 4.69) is 127 Å². The average molecular weight is 572 g/mol. The van der Waals surface area contributed by atoms with Crippen molar-refractivity contribution in [1.82, 2.24) is 9.13 Å². The lowest BCUT2D eigenvalue weighted by atomic mass is 10.0. The second-order valence-electron chi connectivity index (χ2n) is 9.93. The average Bonchev–Trinajstić information content (AvgIpc) is 3.57. The van der Waals surface area contributed by atoms with E-state index in [1.54, 1.807) is 0 Å². The van der Waals surface area contributed by atoms with Crippen LogP contribution in [-0.4, -0.2) is 9.13 Å². The summed E-state index contributed by atoms with van der Waals surface area (Å²) in [6.45, 7) is 0. The molecule has 0 spiro atoms. The third kappa shape index (κ3) is 3.19. The zero-order chi connectivity index (χ0) is 25.2. The van der Waals surface area contributed by atoms with E-state index in [-0.39, 0.29) is 0 Å². The van der Waals surface area contributed by atoms with Crippen LogP contribution < -0.4 is 0 Å². The zero-order valence-electron chi connectivity index (χ0n) is 20.7. The van der Waals surface area contributed by atoms with Gasteiger partial charge in [0.1, 0.15) is 0 Å². The fraction of sp³-hybridized carbons (Fsp3) is 0.118. The molecule has 6 aromatic rings. The number of aromatic nitrogens is 2. The molecule has 0 aliphatic heterocycles. The number of halogens is 1. The first-order valence-electron chi connectivity index (χ1n) is 13.0. The summed E-state index contributed by atoms with van der Waals surface area (Å²) in [6.07, 6.45) is 12.8. The molecule has 0 fully saturated rings. The molecule has 0 bridgehead atoms. The van der Waals surface area contributed by atoms with Crippen molar-refractivity contribution >= 4 is 72.1 Å².